The molecule has 0 bridgehead atoms. The number of aryl methyl sites for hydroxylation is 2. The second-order valence-electron chi connectivity index (χ2n) is 5.68. The molecule has 1 amide bonds. The molecule has 0 radical (unpaired) electrons. The average Bonchev–Trinajstić information content (AvgIpc) is 3.07. The molecule has 118 valence electrons. The molecule has 6 heteroatoms. The highest BCUT2D eigenvalue weighted by Gasteiger charge is 2.32. The Morgan fingerprint density at radius 2 is 2.33 bits per heavy atom. The Morgan fingerprint density at radius 1 is 1.52 bits per heavy atom. The fourth-order valence-corrected chi connectivity index (χ4v) is 4.50. The quantitative estimate of drug-likeness (QED) is 0.924. The van der Waals surface area contributed by atoms with Crippen LogP contribution in [0.2, 0.25) is 0 Å². The summed E-state index contributed by atoms with van der Waals surface area (Å²) in [6.45, 7) is 1.26. The number of ether oxygens (including phenoxy) is 1. The van der Waals surface area contributed by atoms with Crippen molar-refractivity contribution in [2.75, 3.05) is 20.2 Å². The van der Waals surface area contributed by atoms with Crippen LogP contribution < -0.4 is 5.73 Å². The molecule has 0 aromatic carbocycles. The van der Waals surface area contributed by atoms with Gasteiger partial charge in [-0.1, -0.05) is 0 Å². The molecule has 0 spiro atoms. The minimum atomic E-state index is 0. The first-order chi connectivity index (χ1) is 9.72. The van der Waals surface area contributed by atoms with Gasteiger partial charge in [-0.05, 0) is 43.7 Å². The Morgan fingerprint density at radius 3 is 3.00 bits per heavy atom. The zero-order valence-corrected chi connectivity index (χ0v) is 14.0. The van der Waals surface area contributed by atoms with Crippen LogP contribution in [0.4, 0.5) is 0 Å². The maximum absolute atomic E-state index is 12.7. The van der Waals surface area contributed by atoms with E-state index < -0.39 is 0 Å². The lowest BCUT2D eigenvalue weighted by Gasteiger charge is -2.38. The monoisotopic (exact) mass is 330 g/mol. The third-order valence-corrected chi connectivity index (χ3v) is 5.72. The van der Waals surface area contributed by atoms with Crippen molar-refractivity contribution in [1.29, 1.82) is 0 Å². The zero-order valence-electron chi connectivity index (χ0n) is 12.3. The molecule has 1 saturated heterocycles. The van der Waals surface area contributed by atoms with Crippen molar-refractivity contribution in [3.8, 4) is 0 Å². The number of carbonyl (C=O) groups is 1. The summed E-state index contributed by atoms with van der Waals surface area (Å²) in [4.78, 5) is 17.0. The maximum Gasteiger partial charge on any atom is 0.264 e. The second-order valence-corrected chi connectivity index (χ2v) is 6.82. The molecule has 2 atom stereocenters. The van der Waals surface area contributed by atoms with Gasteiger partial charge in [0, 0.05) is 31.1 Å². The predicted molar refractivity (Wildman–Crippen MR) is 87.5 cm³/mol. The van der Waals surface area contributed by atoms with E-state index in [0.717, 1.165) is 37.1 Å². The third-order valence-electron chi connectivity index (χ3n) is 4.49. The summed E-state index contributed by atoms with van der Waals surface area (Å²) in [7, 11) is 1.74. The molecule has 1 aromatic heterocycles. The molecule has 1 aliphatic heterocycles. The van der Waals surface area contributed by atoms with Crippen molar-refractivity contribution in [2.45, 2.75) is 44.2 Å². The van der Waals surface area contributed by atoms with E-state index in [1.165, 1.54) is 16.9 Å². The van der Waals surface area contributed by atoms with Crippen molar-refractivity contribution < 1.29 is 9.53 Å². The number of methoxy groups -OCH3 is 1. The maximum atomic E-state index is 12.7. The van der Waals surface area contributed by atoms with Gasteiger partial charge in [0.05, 0.1) is 11.0 Å². The van der Waals surface area contributed by atoms with Crippen molar-refractivity contribution in [2.24, 2.45) is 5.73 Å². The van der Waals surface area contributed by atoms with Crippen LogP contribution in [0, 0.1) is 0 Å². The van der Waals surface area contributed by atoms with Crippen LogP contribution in [-0.2, 0) is 17.6 Å². The number of amides is 1. The smallest absolute Gasteiger partial charge is 0.264 e. The number of hydrogen-bond donors (Lipinski definition) is 1. The fraction of sp³-hybridized carbons (Fsp3) is 0.667. The molecule has 1 aromatic rings. The molecule has 2 unspecified atom stereocenters. The van der Waals surface area contributed by atoms with Crippen molar-refractivity contribution in [3.05, 3.63) is 21.4 Å². The first-order valence-corrected chi connectivity index (χ1v) is 8.20. The van der Waals surface area contributed by atoms with E-state index in [1.54, 1.807) is 18.4 Å². The first kappa shape index (κ1) is 16.7. The van der Waals surface area contributed by atoms with Gasteiger partial charge < -0.3 is 15.4 Å². The second kappa shape index (κ2) is 7.09. The van der Waals surface area contributed by atoms with Crippen LogP contribution in [0.1, 0.15) is 39.4 Å². The summed E-state index contributed by atoms with van der Waals surface area (Å²) in [5, 5.41) is 0. The number of piperidine rings is 1. The molecule has 3 rings (SSSR count). The molecule has 2 N–H and O–H groups in total. The first-order valence-electron chi connectivity index (χ1n) is 7.38. The highest BCUT2D eigenvalue weighted by molar-refractivity contribution is 7.14. The van der Waals surface area contributed by atoms with Gasteiger partial charge >= 0.3 is 0 Å². The minimum Gasteiger partial charge on any atom is -0.381 e. The zero-order chi connectivity index (χ0) is 14.1. The number of nitrogens with zero attached hydrogens (tertiary/aromatic N) is 1. The summed E-state index contributed by atoms with van der Waals surface area (Å²) in [5.74, 6) is 0.161. The number of hydrogen-bond acceptors (Lipinski definition) is 4. The summed E-state index contributed by atoms with van der Waals surface area (Å²) in [6.07, 6.45) is 5.50. The van der Waals surface area contributed by atoms with Gasteiger partial charge in [-0.25, -0.2) is 0 Å². The van der Waals surface area contributed by atoms with Crippen LogP contribution >= 0.6 is 23.7 Å². The topological polar surface area (TPSA) is 55.6 Å². The van der Waals surface area contributed by atoms with Crippen molar-refractivity contribution >= 4 is 29.7 Å². The Labute approximate surface area is 136 Å². The van der Waals surface area contributed by atoms with Crippen molar-refractivity contribution in [1.82, 2.24) is 4.90 Å². The molecular weight excluding hydrogens is 308 g/mol. The summed E-state index contributed by atoms with van der Waals surface area (Å²) >= 11 is 1.68. The van der Waals surface area contributed by atoms with Gasteiger partial charge in [0.15, 0.2) is 0 Å². The molecule has 2 heterocycles. The SMILES string of the molecule is COC1CCN(C(=O)c2cc3c(s2)CCC3)C(CN)C1.Cl. The molecule has 0 saturated carbocycles. The van der Waals surface area contributed by atoms with E-state index in [9.17, 15) is 4.79 Å². The van der Waals surface area contributed by atoms with E-state index in [2.05, 4.69) is 6.07 Å². The van der Waals surface area contributed by atoms with Gasteiger partial charge in [-0.2, -0.15) is 0 Å². The van der Waals surface area contributed by atoms with Gasteiger partial charge in [-0.3, -0.25) is 4.79 Å². The Balaban J connectivity index is 0.00000161. The van der Waals surface area contributed by atoms with E-state index >= 15 is 0 Å². The fourth-order valence-electron chi connectivity index (χ4n) is 3.30. The number of nitrogens with two attached hydrogens (primary N) is 1. The van der Waals surface area contributed by atoms with Crippen LogP contribution in [0.15, 0.2) is 6.07 Å². The number of halogens is 1. The van der Waals surface area contributed by atoms with Crippen LogP contribution in [0.25, 0.3) is 0 Å². The van der Waals surface area contributed by atoms with Crippen molar-refractivity contribution in [3.63, 3.8) is 0 Å². The lowest BCUT2D eigenvalue weighted by molar-refractivity contribution is 0.0141. The average molecular weight is 331 g/mol. The minimum absolute atomic E-state index is 0. The highest BCUT2D eigenvalue weighted by atomic mass is 35.5. The lowest BCUT2D eigenvalue weighted by atomic mass is 9.99. The molecular formula is C15H23ClN2O2S. The molecule has 1 fully saturated rings. The normalized spacial score (nSPS) is 24.6. The number of carbonyl (C=O) groups excluding carboxylic acids is 1. The van der Waals surface area contributed by atoms with Crippen LogP contribution in [0.5, 0.6) is 0 Å². The van der Waals surface area contributed by atoms with Gasteiger partial charge in [0.2, 0.25) is 0 Å². The van der Waals surface area contributed by atoms with E-state index in [-0.39, 0.29) is 30.5 Å². The number of likely N-dealkylation sites (tertiary alicyclic amines) is 1. The summed E-state index contributed by atoms with van der Waals surface area (Å²) in [5.41, 5.74) is 7.24. The number of thiophene rings is 1. The highest BCUT2D eigenvalue weighted by Crippen LogP contribution is 2.32. The molecule has 21 heavy (non-hydrogen) atoms. The van der Waals surface area contributed by atoms with Crippen LogP contribution in [0.3, 0.4) is 0 Å². The van der Waals surface area contributed by atoms with E-state index in [1.807, 2.05) is 4.90 Å². The Bertz CT molecular complexity index is 484. The van der Waals surface area contributed by atoms with Gasteiger partial charge in [0.1, 0.15) is 0 Å². The number of fused-ring (bicyclic) bond motifs is 1. The summed E-state index contributed by atoms with van der Waals surface area (Å²) in [6, 6.07) is 2.21. The molecule has 1 aliphatic carbocycles. The Hall–Kier alpha value is -0.620. The Kier molecular flexibility index (Phi) is 5.66. The molecule has 2 aliphatic rings. The van der Waals surface area contributed by atoms with E-state index in [4.69, 9.17) is 10.5 Å². The standard InChI is InChI=1S/C15H22N2O2S.ClH/c1-19-12-5-6-17(11(8-12)9-16)15(18)14-7-10-3-2-4-13(10)20-14;/h7,11-12H,2-6,8-9,16H2,1H3;1H. The predicted octanol–water partition coefficient (Wildman–Crippen LogP) is 2.24. The van der Waals surface area contributed by atoms with Gasteiger partial charge in [-0.15, -0.1) is 23.7 Å². The third kappa shape index (κ3) is 3.26. The summed E-state index contributed by atoms with van der Waals surface area (Å²) < 4.78 is 5.42. The van der Waals surface area contributed by atoms with Crippen LogP contribution in [-0.4, -0.2) is 43.2 Å². The lowest BCUT2D eigenvalue weighted by Crippen LogP contribution is -2.51. The number of rotatable bonds is 3. The largest absolute Gasteiger partial charge is 0.381 e. The van der Waals surface area contributed by atoms with E-state index in [0.29, 0.717) is 6.54 Å². The van der Waals surface area contributed by atoms with Gasteiger partial charge in [0.25, 0.3) is 5.91 Å². The molecule has 4 nitrogen and oxygen atoms in total.